The third-order valence-electron chi connectivity index (χ3n) is 6.02. The number of hydrogen-bond donors (Lipinski definition) is 1. The molecule has 0 unspecified atom stereocenters. The first-order chi connectivity index (χ1) is 17.3. The normalized spacial score (nSPS) is 11.6. The van der Waals surface area contributed by atoms with E-state index < -0.39 is 0 Å². The van der Waals surface area contributed by atoms with Crippen molar-refractivity contribution in [1.29, 1.82) is 0 Å². The Kier molecular flexibility index (Phi) is 7.76. The van der Waals surface area contributed by atoms with E-state index in [0.29, 0.717) is 22.8 Å². The highest BCUT2D eigenvalue weighted by Crippen LogP contribution is 2.30. The summed E-state index contributed by atoms with van der Waals surface area (Å²) in [5, 5.41) is 3.31. The van der Waals surface area contributed by atoms with E-state index in [9.17, 15) is 9.59 Å². The third kappa shape index (κ3) is 5.61. The van der Waals surface area contributed by atoms with Gasteiger partial charge in [-0.25, -0.2) is 0 Å². The zero-order chi connectivity index (χ0) is 25.7. The molecule has 0 radical (unpaired) electrons. The number of nitrogens with one attached hydrogen (secondary N) is 1. The minimum atomic E-state index is -0.301. The average molecular weight is 502 g/mol. The lowest BCUT2D eigenvalue weighted by molar-refractivity contribution is 0.0641. The van der Waals surface area contributed by atoms with Gasteiger partial charge in [-0.2, -0.15) is 0 Å². The van der Waals surface area contributed by atoms with Gasteiger partial charge in [-0.1, -0.05) is 54.1 Å². The average Bonchev–Trinajstić information content (AvgIpc) is 3.42. The predicted octanol–water partition coefficient (Wildman–Crippen LogP) is 6.65. The fourth-order valence-corrected chi connectivity index (χ4v) is 4.31. The molecule has 3 aromatic carbocycles. The molecule has 1 aromatic heterocycles. The third-order valence-corrected chi connectivity index (χ3v) is 6.35. The minimum Gasteiger partial charge on any atom is -0.459 e. The van der Waals surface area contributed by atoms with Crippen molar-refractivity contribution in [2.45, 2.75) is 19.5 Å². The topological polar surface area (TPSA) is 65.8 Å². The Morgan fingerprint density at radius 2 is 1.67 bits per heavy atom. The molecular weight excluding hydrogens is 474 g/mol. The molecule has 0 bridgehead atoms. The molecule has 0 aliphatic rings. The van der Waals surface area contributed by atoms with Crippen LogP contribution < -0.4 is 10.2 Å². The molecule has 1 heterocycles. The van der Waals surface area contributed by atoms with E-state index in [4.69, 9.17) is 16.0 Å². The maximum atomic E-state index is 13.5. The van der Waals surface area contributed by atoms with E-state index in [1.807, 2.05) is 74.4 Å². The van der Waals surface area contributed by atoms with Crippen molar-refractivity contribution < 1.29 is 14.0 Å². The second-order valence-corrected chi connectivity index (χ2v) is 9.08. The van der Waals surface area contributed by atoms with Crippen LogP contribution in [0.15, 0.2) is 95.6 Å². The number of amides is 2. The van der Waals surface area contributed by atoms with Crippen molar-refractivity contribution in [1.82, 2.24) is 4.90 Å². The smallest absolute Gasteiger partial charge is 0.290 e. The number of nitrogens with zero attached hydrogens (tertiary/aromatic N) is 2. The molecular formula is C29H28ClN3O3. The fourth-order valence-electron chi connectivity index (χ4n) is 4.09. The molecule has 36 heavy (non-hydrogen) atoms. The molecule has 0 aliphatic heterocycles. The molecule has 184 valence electrons. The number of carbonyl (C=O) groups excluding carboxylic acids is 2. The van der Waals surface area contributed by atoms with E-state index in [2.05, 4.69) is 5.32 Å². The summed E-state index contributed by atoms with van der Waals surface area (Å²) in [6, 6.07) is 25.6. The van der Waals surface area contributed by atoms with Crippen LogP contribution in [0.1, 0.15) is 45.0 Å². The van der Waals surface area contributed by atoms with E-state index in [-0.39, 0.29) is 23.6 Å². The van der Waals surface area contributed by atoms with E-state index in [1.54, 1.807) is 41.3 Å². The van der Waals surface area contributed by atoms with Crippen molar-refractivity contribution in [3.05, 3.63) is 119 Å². The molecule has 4 aromatic rings. The lowest BCUT2D eigenvalue weighted by Gasteiger charge is -2.31. The second-order valence-electron chi connectivity index (χ2n) is 8.67. The Morgan fingerprint density at radius 3 is 2.33 bits per heavy atom. The van der Waals surface area contributed by atoms with Gasteiger partial charge in [0, 0.05) is 32.0 Å². The fraction of sp³-hybridized carbons (Fsp3) is 0.172. The number of hydrogen-bond acceptors (Lipinski definition) is 4. The molecule has 0 aliphatic carbocycles. The maximum absolute atomic E-state index is 13.5. The Hall–Kier alpha value is -4.03. The zero-order valence-corrected chi connectivity index (χ0v) is 21.2. The lowest BCUT2D eigenvalue weighted by atomic mass is 10.0. The lowest BCUT2D eigenvalue weighted by Crippen LogP contribution is -2.33. The summed E-state index contributed by atoms with van der Waals surface area (Å²) in [7, 11) is 3.89. The van der Waals surface area contributed by atoms with Crippen LogP contribution in [0.25, 0.3) is 0 Å². The molecule has 4 rings (SSSR count). The number of anilines is 2. The van der Waals surface area contributed by atoms with Crippen molar-refractivity contribution in [3.8, 4) is 0 Å². The van der Waals surface area contributed by atoms with Crippen molar-refractivity contribution in [2.24, 2.45) is 0 Å². The Bertz CT molecular complexity index is 1340. The minimum absolute atomic E-state index is 0.216. The van der Waals surface area contributed by atoms with Crippen molar-refractivity contribution in [2.75, 3.05) is 24.3 Å². The summed E-state index contributed by atoms with van der Waals surface area (Å²) in [5.41, 5.74) is 3.82. The zero-order valence-electron chi connectivity index (χ0n) is 20.4. The number of furan rings is 1. The number of rotatable bonds is 8. The molecule has 0 saturated heterocycles. The first-order valence-corrected chi connectivity index (χ1v) is 12.0. The van der Waals surface area contributed by atoms with Crippen molar-refractivity contribution in [3.63, 3.8) is 0 Å². The van der Waals surface area contributed by atoms with Gasteiger partial charge >= 0.3 is 0 Å². The molecule has 1 N–H and O–H groups in total. The summed E-state index contributed by atoms with van der Waals surface area (Å²) < 4.78 is 5.44. The Morgan fingerprint density at radius 1 is 0.944 bits per heavy atom. The van der Waals surface area contributed by atoms with Crippen LogP contribution >= 0.6 is 11.6 Å². The molecule has 0 fully saturated rings. The van der Waals surface area contributed by atoms with Crippen LogP contribution in [0.4, 0.5) is 11.4 Å². The van der Waals surface area contributed by atoms with Gasteiger partial charge in [0.2, 0.25) is 0 Å². The summed E-state index contributed by atoms with van der Waals surface area (Å²) in [4.78, 5) is 30.1. The second kappa shape index (κ2) is 11.1. The highest BCUT2D eigenvalue weighted by Gasteiger charge is 2.26. The van der Waals surface area contributed by atoms with Gasteiger partial charge in [0.1, 0.15) is 0 Å². The van der Waals surface area contributed by atoms with Gasteiger partial charge in [0.15, 0.2) is 5.76 Å². The van der Waals surface area contributed by atoms with Gasteiger partial charge in [-0.15, -0.1) is 0 Å². The van der Waals surface area contributed by atoms with Gasteiger partial charge in [-0.3, -0.25) is 9.59 Å². The van der Waals surface area contributed by atoms with Crippen molar-refractivity contribution >= 4 is 34.8 Å². The summed E-state index contributed by atoms with van der Waals surface area (Å²) in [6.45, 7) is 2.30. The highest BCUT2D eigenvalue weighted by molar-refractivity contribution is 6.34. The Labute approximate surface area is 216 Å². The number of halogens is 1. The van der Waals surface area contributed by atoms with Gasteiger partial charge in [-0.05, 0) is 60.5 Å². The molecule has 6 nitrogen and oxygen atoms in total. The number of carbonyl (C=O) groups is 2. The molecule has 0 saturated carbocycles. The quantitative estimate of drug-likeness (QED) is 0.293. The van der Waals surface area contributed by atoms with Gasteiger partial charge in [0.05, 0.1) is 22.9 Å². The number of benzene rings is 3. The molecule has 7 heteroatoms. The van der Waals surface area contributed by atoms with Crippen LogP contribution in [-0.4, -0.2) is 30.8 Å². The predicted molar refractivity (Wildman–Crippen MR) is 144 cm³/mol. The molecule has 2 amide bonds. The van der Waals surface area contributed by atoms with Gasteiger partial charge in [0.25, 0.3) is 11.8 Å². The van der Waals surface area contributed by atoms with Crippen LogP contribution in [0.3, 0.4) is 0 Å². The summed E-state index contributed by atoms with van der Waals surface area (Å²) in [6.07, 6.45) is 1.49. The standard InChI is InChI=1S/C29H28ClN3O3/c1-20(21-10-5-4-6-11-21)33(29(35)27-14-9-17-36-27)19-22-18-23(15-16-26(22)32(2)3)31-28(34)24-12-7-8-13-25(24)30/h4-18,20H,19H2,1-3H3,(H,31,34)/t20-/m1/s1. The van der Waals surface area contributed by atoms with E-state index in [1.165, 1.54) is 6.26 Å². The SMILES string of the molecule is C[C@H](c1ccccc1)N(Cc1cc(NC(=O)c2ccccc2Cl)ccc1N(C)C)C(=O)c1ccco1. The van der Waals surface area contributed by atoms with Gasteiger partial charge < -0.3 is 19.5 Å². The molecule has 0 spiro atoms. The highest BCUT2D eigenvalue weighted by atomic mass is 35.5. The molecule has 1 atom stereocenters. The van der Waals surface area contributed by atoms with Crippen LogP contribution in [-0.2, 0) is 6.54 Å². The first-order valence-electron chi connectivity index (χ1n) is 11.6. The largest absolute Gasteiger partial charge is 0.459 e. The van der Waals surface area contributed by atoms with E-state index >= 15 is 0 Å². The summed E-state index contributed by atoms with van der Waals surface area (Å²) in [5.74, 6) is -0.246. The maximum Gasteiger partial charge on any atom is 0.290 e. The Balaban J connectivity index is 1.69. The van der Waals surface area contributed by atoms with Crippen LogP contribution in [0, 0.1) is 0 Å². The monoisotopic (exact) mass is 501 g/mol. The first kappa shape index (κ1) is 25.1. The van der Waals surface area contributed by atoms with Crippen LogP contribution in [0.2, 0.25) is 5.02 Å². The van der Waals surface area contributed by atoms with E-state index in [0.717, 1.165) is 16.8 Å². The van der Waals surface area contributed by atoms with Crippen LogP contribution in [0.5, 0.6) is 0 Å². The summed E-state index contributed by atoms with van der Waals surface area (Å²) >= 11 is 6.21.